The van der Waals surface area contributed by atoms with Gasteiger partial charge in [-0.25, -0.2) is 0 Å². The molecular formula is C17H25O. The number of allylic oxidation sites excluding steroid dienone is 6. The summed E-state index contributed by atoms with van der Waals surface area (Å²) < 4.78 is 0. The zero-order chi connectivity index (χ0) is 13.6. The second kappa shape index (κ2) is 6.63. The van der Waals surface area contributed by atoms with Crippen LogP contribution in [0.5, 0.6) is 0 Å². The third kappa shape index (κ3) is 3.16. The Hall–Kier alpha value is -1.24. The molecule has 0 aromatic rings. The van der Waals surface area contributed by atoms with Crippen LogP contribution in [0, 0.1) is 23.7 Å². The van der Waals surface area contributed by atoms with E-state index in [4.69, 9.17) is 5.11 Å². The number of aliphatic hydroxyl groups is 1. The van der Waals surface area contributed by atoms with Gasteiger partial charge in [-0.2, -0.15) is 0 Å². The van der Waals surface area contributed by atoms with Crippen molar-refractivity contribution in [2.45, 2.75) is 33.6 Å². The van der Waals surface area contributed by atoms with E-state index in [1.165, 1.54) is 5.57 Å². The maximum Gasteiger partial charge on any atom is 0.0755 e. The molecule has 3 atom stereocenters. The minimum Gasteiger partial charge on any atom is -0.516 e. The highest BCUT2D eigenvalue weighted by Crippen LogP contribution is 2.43. The molecule has 99 valence electrons. The summed E-state index contributed by atoms with van der Waals surface area (Å²) in [6.07, 6.45) is 15.8. The first kappa shape index (κ1) is 14.8. The van der Waals surface area contributed by atoms with Crippen LogP contribution in [0.2, 0.25) is 0 Å². The van der Waals surface area contributed by atoms with E-state index in [0.717, 1.165) is 19.1 Å². The van der Waals surface area contributed by atoms with Crippen molar-refractivity contribution in [1.29, 1.82) is 0 Å². The average Bonchev–Trinajstić information content (AvgIpc) is 2.38. The smallest absolute Gasteiger partial charge is 0.0755 e. The second-order valence-corrected chi connectivity index (χ2v) is 5.30. The van der Waals surface area contributed by atoms with Crippen LogP contribution in [0.1, 0.15) is 33.6 Å². The molecule has 1 nitrogen and oxygen atoms in total. The Labute approximate surface area is 112 Å². The summed E-state index contributed by atoms with van der Waals surface area (Å²) in [5.41, 5.74) is 1.38. The Balaban J connectivity index is 3.02. The Bertz CT molecular complexity index is 362. The van der Waals surface area contributed by atoms with Crippen molar-refractivity contribution >= 4 is 0 Å². The van der Waals surface area contributed by atoms with Gasteiger partial charge in [0.15, 0.2) is 0 Å². The minimum atomic E-state index is 0.0179. The van der Waals surface area contributed by atoms with Crippen LogP contribution in [0.4, 0.5) is 0 Å². The number of aliphatic hydroxyl groups excluding tert-OH is 1. The van der Waals surface area contributed by atoms with Crippen LogP contribution in [0.3, 0.4) is 0 Å². The van der Waals surface area contributed by atoms with Crippen LogP contribution in [-0.4, -0.2) is 5.11 Å². The van der Waals surface area contributed by atoms with Gasteiger partial charge in [-0.15, -0.1) is 6.58 Å². The Morgan fingerprint density at radius 2 is 2.33 bits per heavy atom. The molecule has 18 heavy (non-hydrogen) atoms. The highest BCUT2D eigenvalue weighted by Gasteiger charge is 2.33. The summed E-state index contributed by atoms with van der Waals surface area (Å²) >= 11 is 0. The SMILES string of the molecule is C=C[CH]C(/C=C\O)C(C)(CC)C1=CCC(C)C=C1. The molecule has 0 saturated heterocycles. The molecule has 1 aliphatic rings. The summed E-state index contributed by atoms with van der Waals surface area (Å²) in [6, 6.07) is 0. The Kier molecular flexibility index (Phi) is 5.46. The predicted molar refractivity (Wildman–Crippen MR) is 79.2 cm³/mol. The van der Waals surface area contributed by atoms with Gasteiger partial charge in [-0.1, -0.05) is 45.1 Å². The summed E-state index contributed by atoms with van der Waals surface area (Å²) in [4.78, 5) is 0. The maximum atomic E-state index is 9.09. The van der Waals surface area contributed by atoms with Crippen LogP contribution in [-0.2, 0) is 0 Å². The summed E-state index contributed by atoms with van der Waals surface area (Å²) in [5, 5.41) is 9.09. The minimum absolute atomic E-state index is 0.0179. The zero-order valence-corrected chi connectivity index (χ0v) is 11.8. The quantitative estimate of drug-likeness (QED) is 0.653. The molecule has 1 N–H and O–H groups in total. The summed E-state index contributed by atoms with van der Waals surface area (Å²) in [6.45, 7) is 10.5. The predicted octanol–water partition coefficient (Wildman–Crippen LogP) is 5.00. The first-order valence-electron chi connectivity index (χ1n) is 6.74. The monoisotopic (exact) mass is 245 g/mol. The average molecular weight is 245 g/mol. The van der Waals surface area contributed by atoms with Gasteiger partial charge in [0.25, 0.3) is 0 Å². The summed E-state index contributed by atoms with van der Waals surface area (Å²) in [7, 11) is 0. The largest absolute Gasteiger partial charge is 0.516 e. The first-order chi connectivity index (χ1) is 8.58. The van der Waals surface area contributed by atoms with Gasteiger partial charge in [0.2, 0.25) is 0 Å². The number of hydrogen-bond acceptors (Lipinski definition) is 1. The molecule has 0 aromatic heterocycles. The van der Waals surface area contributed by atoms with Crippen molar-refractivity contribution in [3.63, 3.8) is 0 Å². The van der Waals surface area contributed by atoms with E-state index < -0.39 is 0 Å². The zero-order valence-electron chi connectivity index (χ0n) is 11.8. The maximum absolute atomic E-state index is 9.09. The molecule has 0 spiro atoms. The van der Waals surface area contributed by atoms with E-state index in [9.17, 15) is 0 Å². The first-order valence-corrected chi connectivity index (χ1v) is 6.74. The normalized spacial score (nSPS) is 24.6. The molecule has 1 rings (SSSR count). The number of hydrogen-bond donors (Lipinski definition) is 1. The lowest BCUT2D eigenvalue weighted by atomic mass is 9.67. The van der Waals surface area contributed by atoms with E-state index >= 15 is 0 Å². The lowest BCUT2D eigenvalue weighted by molar-refractivity contribution is 0.308. The molecule has 1 aliphatic carbocycles. The van der Waals surface area contributed by atoms with E-state index in [-0.39, 0.29) is 11.3 Å². The van der Waals surface area contributed by atoms with Crippen LogP contribution < -0.4 is 0 Å². The summed E-state index contributed by atoms with van der Waals surface area (Å²) in [5.74, 6) is 0.805. The van der Waals surface area contributed by atoms with Crippen molar-refractivity contribution in [2.75, 3.05) is 0 Å². The molecule has 0 heterocycles. The lowest BCUT2D eigenvalue weighted by Gasteiger charge is -2.37. The third-order valence-electron chi connectivity index (χ3n) is 4.08. The van der Waals surface area contributed by atoms with Crippen molar-refractivity contribution in [3.8, 4) is 0 Å². The molecule has 0 saturated carbocycles. The molecule has 0 amide bonds. The van der Waals surface area contributed by atoms with Gasteiger partial charge >= 0.3 is 0 Å². The molecule has 1 heteroatoms. The van der Waals surface area contributed by atoms with E-state index in [0.29, 0.717) is 5.92 Å². The highest BCUT2D eigenvalue weighted by molar-refractivity contribution is 5.33. The van der Waals surface area contributed by atoms with Crippen LogP contribution in [0.25, 0.3) is 0 Å². The van der Waals surface area contributed by atoms with Gasteiger partial charge in [0, 0.05) is 0 Å². The van der Waals surface area contributed by atoms with Gasteiger partial charge in [0.1, 0.15) is 0 Å². The van der Waals surface area contributed by atoms with Gasteiger partial charge in [-0.3, -0.25) is 0 Å². The van der Waals surface area contributed by atoms with Crippen LogP contribution >= 0.6 is 0 Å². The lowest BCUT2D eigenvalue weighted by Crippen LogP contribution is -2.28. The van der Waals surface area contributed by atoms with Crippen molar-refractivity contribution < 1.29 is 5.11 Å². The third-order valence-corrected chi connectivity index (χ3v) is 4.08. The van der Waals surface area contributed by atoms with E-state index in [2.05, 4.69) is 52.0 Å². The van der Waals surface area contributed by atoms with Gasteiger partial charge in [-0.05, 0) is 48.2 Å². The number of rotatable bonds is 6. The van der Waals surface area contributed by atoms with Gasteiger partial charge < -0.3 is 5.11 Å². The molecule has 0 aliphatic heterocycles. The molecule has 0 bridgehead atoms. The van der Waals surface area contributed by atoms with Crippen molar-refractivity contribution in [3.05, 3.63) is 55.2 Å². The van der Waals surface area contributed by atoms with Crippen molar-refractivity contribution in [1.82, 2.24) is 0 Å². The molecule has 0 fully saturated rings. The van der Waals surface area contributed by atoms with Crippen molar-refractivity contribution in [2.24, 2.45) is 17.3 Å². The Morgan fingerprint density at radius 3 is 2.78 bits per heavy atom. The fourth-order valence-corrected chi connectivity index (χ4v) is 2.51. The standard InChI is InChI=1S/C17H25O/c1-5-7-15(12-13-18)17(4,6-2)16-10-8-14(3)9-11-16/h5,7-8,10-15,18H,1,6,9H2,2-4H3/b13-12-. The molecule has 0 aromatic carbocycles. The molecule has 3 unspecified atom stereocenters. The van der Waals surface area contributed by atoms with E-state index in [1.807, 2.05) is 12.2 Å². The topological polar surface area (TPSA) is 20.2 Å². The fraction of sp³-hybridized carbons (Fsp3) is 0.471. The van der Waals surface area contributed by atoms with E-state index in [1.54, 1.807) is 0 Å². The van der Waals surface area contributed by atoms with Crippen LogP contribution in [0.15, 0.2) is 48.8 Å². The highest BCUT2D eigenvalue weighted by atomic mass is 16.2. The second-order valence-electron chi connectivity index (χ2n) is 5.30. The fourth-order valence-electron chi connectivity index (χ4n) is 2.51. The molecular weight excluding hydrogens is 220 g/mol. The Morgan fingerprint density at radius 1 is 1.61 bits per heavy atom. The van der Waals surface area contributed by atoms with Gasteiger partial charge in [0.05, 0.1) is 6.26 Å². The molecule has 1 radical (unpaired) electrons.